The van der Waals surface area contributed by atoms with E-state index in [9.17, 15) is 4.79 Å². The molecule has 150 valence electrons. The molecule has 0 atom stereocenters. The predicted octanol–water partition coefficient (Wildman–Crippen LogP) is 3.51. The molecule has 0 N–H and O–H groups in total. The van der Waals surface area contributed by atoms with Crippen molar-refractivity contribution in [1.29, 1.82) is 0 Å². The number of ether oxygens (including phenoxy) is 2. The third-order valence-electron chi connectivity index (χ3n) is 5.37. The van der Waals surface area contributed by atoms with Crippen molar-refractivity contribution in [2.24, 2.45) is 0 Å². The largest absolute Gasteiger partial charge is 0.495 e. The zero-order chi connectivity index (χ0) is 20.1. The first-order valence-corrected chi connectivity index (χ1v) is 9.85. The molecule has 3 rings (SSSR count). The summed E-state index contributed by atoms with van der Waals surface area (Å²) in [6, 6.07) is 14.0. The van der Waals surface area contributed by atoms with Crippen LogP contribution in [-0.4, -0.2) is 45.3 Å². The molecule has 5 heteroatoms. The highest BCUT2D eigenvalue weighted by Gasteiger charge is 2.20. The molecular formula is C23H30N2O3. The van der Waals surface area contributed by atoms with Crippen LogP contribution < -0.4 is 19.8 Å². The van der Waals surface area contributed by atoms with Gasteiger partial charge < -0.3 is 14.4 Å². The summed E-state index contributed by atoms with van der Waals surface area (Å²) in [5, 5.41) is 0. The summed E-state index contributed by atoms with van der Waals surface area (Å²) in [4.78, 5) is 17.5. The lowest BCUT2D eigenvalue weighted by atomic mass is 10.1. The molecule has 5 nitrogen and oxygen atoms in total. The van der Waals surface area contributed by atoms with Gasteiger partial charge in [0.05, 0.1) is 19.9 Å². The van der Waals surface area contributed by atoms with Gasteiger partial charge in [0.15, 0.2) is 5.75 Å². The first kappa shape index (κ1) is 20.2. The standard InChI is InChI=1S/C23H30N2O3/c1-17(2)18-9-10-19(23(26)22(15-18)28-4)16-24-11-13-25(14-12-24)20-7-5-6-8-21(20)27-3/h5-10,15,17H,11-14,16H2,1-4H3. The van der Waals surface area contributed by atoms with Crippen LogP contribution in [0, 0.1) is 0 Å². The lowest BCUT2D eigenvalue weighted by Gasteiger charge is -2.36. The van der Waals surface area contributed by atoms with E-state index in [-0.39, 0.29) is 5.43 Å². The van der Waals surface area contributed by atoms with Gasteiger partial charge in [-0.05, 0) is 29.7 Å². The van der Waals surface area contributed by atoms with Crippen LogP contribution in [0.3, 0.4) is 0 Å². The third-order valence-corrected chi connectivity index (χ3v) is 5.37. The Hall–Kier alpha value is -2.53. The molecule has 0 spiro atoms. The minimum Gasteiger partial charge on any atom is -0.495 e. The number of hydrogen-bond acceptors (Lipinski definition) is 5. The Labute approximate surface area is 167 Å². The maximum absolute atomic E-state index is 12.8. The summed E-state index contributed by atoms with van der Waals surface area (Å²) in [7, 11) is 3.27. The van der Waals surface area contributed by atoms with E-state index >= 15 is 0 Å². The molecule has 1 saturated heterocycles. The highest BCUT2D eigenvalue weighted by molar-refractivity contribution is 5.58. The van der Waals surface area contributed by atoms with Crippen molar-refractivity contribution in [3.8, 4) is 11.5 Å². The Morgan fingerprint density at radius 3 is 2.25 bits per heavy atom. The molecule has 0 bridgehead atoms. The van der Waals surface area contributed by atoms with Crippen molar-refractivity contribution in [3.05, 3.63) is 63.8 Å². The molecule has 0 aromatic heterocycles. The lowest BCUT2D eigenvalue weighted by molar-refractivity contribution is 0.248. The zero-order valence-corrected chi connectivity index (χ0v) is 17.3. The highest BCUT2D eigenvalue weighted by atomic mass is 16.5. The molecule has 28 heavy (non-hydrogen) atoms. The van der Waals surface area contributed by atoms with E-state index < -0.39 is 0 Å². The summed E-state index contributed by atoms with van der Waals surface area (Å²) in [5.74, 6) is 1.67. The SMILES string of the molecule is COc1ccccc1N1CCN(Cc2ccc(C(C)C)cc(OC)c2=O)CC1. The van der Waals surface area contributed by atoms with Crippen molar-refractivity contribution in [3.63, 3.8) is 0 Å². The molecule has 0 amide bonds. The topological polar surface area (TPSA) is 42.0 Å². The van der Waals surface area contributed by atoms with Crippen molar-refractivity contribution in [2.75, 3.05) is 45.3 Å². The van der Waals surface area contributed by atoms with E-state index in [0.29, 0.717) is 18.2 Å². The Kier molecular flexibility index (Phi) is 6.57. The molecule has 0 saturated carbocycles. The van der Waals surface area contributed by atoms with Crippen LogP contribution in [0.1, 0.15) is 30.9 Å². The maximum atomic E-state index is 12.8. The molecule has 1 fully saturated rings. The minimum atomic E-state index is -0.0124. The van der Waals surface area contributed by atoms with Gasteiger partial charge in [-0.1, -0.05) is 38.1 Å². The van der Waals surface area contributed by atoms with Gasteiger partial charge in [0.1, 0.15) is 5.75 Å². The number of hydrogen-bond donors (Lipinski definition) is 0. The second-order valence-corrected chi connectivity index (χ2v) is 7.49. The number of piperazine rings is 1. The van der Waals surface area contributed by atoms with E-state index in [4.69, 9.17) is 9.47 Å². The van der Waals surface area contributed by atoms with Gasteiger partial charge in [-0.15, -0.1) is 0 Å². The predicted molar refractivity (Wildman–Crippen MR) is 114 cm³/mol. The van der Waals surface area contributed by atoms with Crippen molar-refractivity contribution >= 4 is 5.69 Å². The molecule has 2 aromatic carbocycles. The Morgan fingerprint density at radius 1 is 0.929 bits per heavy atom. The van der Waals surface area contributed by atoms with Gasteiger partial charge in [-0.25, -0.2) is 0 Å². The van der Waals surface area contributed by atoms with Crippen LogP contribution in [0.4, 0.5) is 5.69 Å². The minimum absolute atomic E-state index is 0.0124. The average molecular weight is 383 g/mol. The fourth-order valence-electron chi connectivity index (χ4n) is 3.61. The number of anilines is 1. The maximum Gasteiger partial charge on any atom is 0.224 e. The quantitative estimate of drug-likeness (QED) is 0.765. The first-order chi connectivity index (χ1) is 13.5. The smallest absolute Gasteiger partial charge is 0.224 e. The Bertz CT molecular complexity index is 859. The highest BCUT2D eigenvalue weighted by Crippen LogP contribution is 2.28. The third kappa shape index (κ3) is 4.47. The van der Waals surface area contributed by atoms with Crippen molar-refractivity contribution in [2.45, 2.75) is 26.3 Å². The molecule has 1 heterocycles. The monoisotopic (exact) mass is 382 g/mol. The summed E-state index contributed by atoms with van der Waals surface area (Å²) in [6.45, 7) is 8.49. The van der Waals surface area contributed by atoms with E-state index in [0.717, 1.165) is 48.7 Å². The van der Waals surface area contributed by atoms with Crippen LogP contribution in [0.2, 0.25) is 0 Å². The number of methoxy groups -OCH3 is 2. The molecule has 1 aliphatic rings. The van der Waals surface area contributed by atoms with Crippen molar-refractivity contribution < 1.29 is 9.47 Å². The number of nitrogens with zero attached hydrogens (tertiary/aromatic N) is 2. The average Bonchev–Trinajstić information content (AvgIpc) is 2.88. The number of benzene rings is 1. The Morgan fingerprint density at radius 2 is 1.61 bits per heavy atom. The second kappa shape index (κ2) is 9.11. The molecule has 1 aliphatic heterocycles. The van der Waals surface area contributed by atoms with Gasteiger partial charge in [-0.3, -0.25) is 9.69 Å². The van der Waals surface area contributed by atoms with Crippen LogP contribution in [0.15, 0.2) is 47.3 Å². The van der Waals surface area contributed by atoms with Gasteiger partial charge in [0, 0.05) is 38.3 Å². The van der Waals surface area contributed by atoms with Crippen LogP contribution in [-0.2, 0) is 6.54 Å². The summed E-state index contributed by atoms with van der Waals surface area (Å²) in [6.07, 6.45) is 0. The van der Waals surface area contributed by atoms with Crippen LogP contribution in [0.25, 0.3) is 0 Å². The summed E-state index contributed by atoms with van der Waals surface area (Å²) >= 11 is 0. The van der Waals surface area contributed by atoms with Gasteiger partial charge >= 0.3 is 0 Å². The molecule has 0 unspecified atom stereocenters. The van der Waals surface area contributed by atoms with Gasteiger partial charge in [0.25, 0.3) is 0 Å². The van der Waals surface area contributed by atoms with Crippen LogP contribution >= 0.6 is 0 Å². The fourth-order valence-corrected chi connectivity index (χ4v) is 3.61. The summed E-state index contributed by atoms with van der Waals surface area (Å²) < 4.78 is 10.9. The fraction of sp³-hybridized carbons (Fsp3) is 0.435. The molecule has 0 aliphatic carbocycles. The number of para-hydroxylation sites is 2. The summed E-state index contributed by atoms with van der Waals surface area (Å²) in [5.41, 5.74) is 3.01. The van der Waals surface area contributed by atoms with E-state index in [1.54, 1.807) is 14.2 Å². The first-order valence-electron chi connectivity index (χ1n) is 9.85. The van der Waals surface area contributed by atoms with Crippen molar-refractivity contribution in [1.82, 2.24) is 4.90 Å². The molecule has 2 aromatic rings. The molecule has 0 radical (unpaired) electrons. The van der Waals surface area contributed by atoms with Gasteiger partial charge in [-0.2, -0.15) is 0 Å². The van der Waals surface area contributed by atoms with E-state index in [2.05, 4.69) is 35.8 Å². The van der Waals surface area contributed by atoms with Crippen LogP contribution in [0.5, 0.6) is 11.5 Å². The second-order valence-electron chi connectivity index (χ2n) is 7.49. The lowest BCUT2D eigenvalue weighted by Crippen LogP contribution is -2.46. The Balaban J connectivity index is 1.73. The number of rotatable bonds is 6. The van der Waals surface area contributed by atoms with E-state index in [1.165, 1.54) is 0 Å². The van der Waals surface area contributed by atoms with E-state index in [1.807, 2.05) is 30.3 Å². The zero-order valence-electron chi connectivity index (χ0n) is 17.3. The van der Waals surface area contributed by atoms with Gasteiger partial charge in [0.2, 0.25) is 5.43 Å². The normalized spacial score (nSPS) is 15.0. The molecular weight excluding hydrogens is 352 g/mol.